The Labute approximate surface area is 141 Å². The Balaban J connectivity index is 2.13. The zero-order chi connectivity index (χ0) is 16.8. The maximum Gasteiger partial charge on any atom is 0.270 e. The van der Waals surface area contributed by atoms with Crippen LogP contribution in [0.4, 0.5) is 0 Å². The minimum Gasteiger partial charge on any atom is -0.493 e. The second-order valence-electron chi connectivity index (χ2n) is 5.51. The summed E-state index contributed by atoms with van der Waals surface area (Å²) in [5.74, 6) is 0.798. The van der Waals surface area contributed by atoms with Crippen LogP contribution in [0.15, 0.2) is 18.2 Å². The molecule has 1 aromatic carbocycles. The Kier molecular flexibility index (Phi) is 6.04. The molecule has 0 bridgehead atoms. The predicted octanol–water partition coefficient (Wildman–Crippen LogP) is 2.23. The molecule has 1 saturated carbocycles. The first-order chi connectivity index (χ1) is 11.1. The Morgan fingerprint density at radius 2 is 1.87 bits per heavy atom. The number of hydrogen-bond donors (Lipinski definition) is 2. The van der Waals surface area contributed by atoms with E-state index in [0.717, 1.165) is 25.7 Å². The molecule has 1 aliphatic carbocycles. The Hall–Kier alpha value is -2.02. The molecule has 0 aliphatic heterocycles. The van der Waals surface area contributed by atoms with Gasteiger partial charge in [0.15, 0.2) is 16.6 Å². The van der Waals surface area contributed by atoms with E-state index in [-0.39, 0.29) is 17.1 Å². The summed E-state index contributed by atoms with van der Waals surface area (Å²) in [6.07, 6.45) is 5.41. The van der Waals surface area contributed by atoms with Gasteiger partial charge < -0.3 is 15.2 Å². The van der Waals surface area contributed by atoms with E-state index < -0.39 is 0 Å². The quantitative estimate of drug-likeness (QED) is 0.648. The molecule has 1 aromatic rings. The standard InChI is InChI=1S/C16H23N3O3S/c1-21-13-9-8-11(10-14(13)22-2)15(20)18-19(16(17)23)12-6-4-3-5-7-12/h8-10,12H,3-7H2,1-2H3,(H2,17,23)(H,18,20). The van der Waals surface area contributed by atoms with Crippen LogP contribution in [0.25, 0.3) is 0 Å². The monoisotopic (exact) mass is 337 g/mol. The highest BCUT2D eigenvalue weighted by molar-refractivity contribution is 7.80. The molecule has 1 amide bonds. The maximum atomic E-state index is 12.5. The SMILES string of the molecule is COc1ccc(C(=O)NN(C(N)=S)C2CCCCC2)cc1OC. The molecule has 3 N–H and O–H groups in total. The molecule has 0 heterocycles. The molecule has 0 aromatic heterocycles. The summed E-state index contributed by atoms with van der Waals surface area (Å²) in [6, 6.07) is 5.16. The van der Waals surface area contributed by atoms with E-state index in [1.165, 1.54) is 13.5 Å². The van der Waals surface area contributed by atoms with Crippen molar-refractivity contribution in [1.82, 2.24) is 10.4 Å². The van der Waals surface area contributed by atoms with Crippen LogP contribution < -0.4 is 20.6 Å². The average Bonchev–Trinajstić information content (AvgIpc) is 2.59. The van der Waals surface area contributed by atoms with Gasteiger partial charge in [-0.3, -0.25) is 15.2 Å². The van der Waals surface area contributed by atoms with E-state index in [4.69, 9.17) is 27.4 Å². The normalized spacial score (nSPS) is 14.9. The van der Waals surface area contributed by atoms with E-state index in [9.17, 15) is 4.79 Å². The first-order valence-electron chi connectivity index (χ1n) is 7.68. The van der Waals surface area contributed by atoms with Crippen LogP contribution in [-0.4, -0.2) is 36.3 Å². The fraction of sp³-hybridized carbons (Fsp3) is 0.500. The number of hydrazine groups is 1. The van der Waals surface area contributed by atoms with Crippen molar-refractivity contribution >= 4 is 23.2 Å². The van der Waals surface area contributed by atoms with Gasteiger partial charge in [-0.1, -0.05) is 19.3 Å². The van der Waals surface area contributed by atoms with Gasteiger partial charge in [-0.2, -0.15) is 0 Å². The summed E-state index contributed by atoms with van der Waals surface area (Å²) in [7, 11) is 3.08. The van der Waals surface area contributed by atoms with Crippen molar-refractivity contribution in [2.45, 2.75) is 38.1 Å². The average molecular weight is 337 g/mol. The number of carbonyl (C=O) groups excluding carboxylic acids is 1. The van der Waals surface area contributed by atoms with Crippen molar-refractivity contribution in [3.8, 4) is 11.5 Å². The minimum absolute atomic E-state index is 0.158. The lowest BCUT2D eigenvalue weighted by atomic mass is 9.95. The zero-order valence-corrected chi connectivity index (χ0v) is 14.3. The van der Waals surface area contributed by atoms with Crippen molar-refractivity contribution in [3.63, 3.8) is 0 Å². The summed E-state index contributed by atoms with van der Waals surface area (Å²) in [6.45, 7) is 0. The van der Waals surface area contributed by atoms with Crippen molar-refractivity contribution in [1.29, 1.82) is 0 Å². The van der Waals surface area contributed by atoms with Gasteiger partial charge in [0.2, 0.25) is 0 Å². The second kappa shape index (κ2) is 8.01. The number of thiocarbonyl (C=S) groups is 1. The van der Waals surface area contributed by atoms with Gasteiger partial charge in [-0.05, 0) is 43.3 Å². The molecule has 0 unspecified atom stereocenters. The summed E-state index contributed by atoms with van der Waals surface area (Å²) >= 11 is 5.10. The summed E-state index contributed by atoms with van der Waals surface area (Å²) in [4.78, 5) is 12.5. The number of nitrogens with zero attached hydrogens (tertiary/aromatic N) is 1. The topological polar surface area (TPSA) is 76.8 Å². The maximum absolute atomic E-state index is 12.5. The van der Waals surface area contributed by atoms with E-state index in [1.54, 1.807) is 30.3 Å². The highest BCUT2D eigenvalue weighted by Crippen LogP contribution is 2.27. The van der Waals surface area contributed by atoms with Crippen LogP contribution in [-0.2, 0) is 0 Å². The van der Waals surface area contributed by atoms with Crippen LogP contribution >= 0.6 is 12.2 Å². The molecule has 1 fully saturated rings. The predicted molar refractivity (Wildman–Crippen MR) is 92.5 cm³/mol. The molecular formula is C16H23N3O3S. The fourth-order valence-corrected chi connectivity index (χ4v) is 3.01. The van der Waals surface area contributed by atoms with Crippen molar-refractivity contribution in [3.05, 3.63) is 23.8 Å². The van der Waals surface area contributed by atoms with Gasteiger partial charge in [0, 0.05) is 5.56 Å². The van der Waals surface area contributed by atoms with E-state index in [1.807, 2.05) is 0 Å². The zero-order valence-electron chi connectivity index (χ0n) is 13.5. The number of carbonyl (C=O) groups is 1. The van der Waals surface area contributed by atoms with Crippen LogP contribution in [0.3, 0.4) is 0 Å². The molecule has 0 radical (unpaired) electrons. The molecular weight excluding hydrogens is 314 g/mol. The summed E-state index contributed by atoms with van der Waals surface area (Å²) < 4.78 is 10.4. The Bertz CT molecular complexity index is 574. The van der Waals surface area contributed by atoms with Crippen molar-refractivity contribution in [2.75, 3.05) is 14.2 Å². The number of hydrogen-bond acceptors (Lipinski definition) is 4. The number of nitrogens with two attached hydrogens (primary N) is 1. The number of benzene rings is 1. The van der Waals surface area contributed by atoms with Crippen LogP contribution in [0.5, 0.6) is 11.5 Å². The van der Waals surface area contributed by atoms with Crippen molar-refractivity contribution < 1.29 is 14.3 Å². The number of rotatable bonds is 4. The van der Waals surface area contributed by atoms with Gasteiger partial charge in [-0.25, -0.2) is 0 Å². The molecule has 126 valence electrons. The lowest BCUT2D eigenvalue weighted by molar-refractivity contribution is 0.0808. The van der Waals surface area contributed by atoms with Crippen LogP contribution in [0.2, 0.25) is 0 Å². The number of nitrogens with one attached hydrogen (secondary N) is 1. The lowest BCUT2D eigenvalue weighted by Gasteiger charge is -2.34. The molecule has 0 spiro atoms. The first-order valence-corrected chi connectivity index (χ1v) is 8.09. The Morgan fingerprint density at radius 1 is 1.22 bits per heavy atom. The van der Waals surface area contributed by atoms with Gasteiger partial charge in [0.1, 0.15) is 0 Å². The van der Waals surface area contributed by atoms with Gasteiger partial charge >= 0.3 is 0 Å². The van der Waals surface area contributed by atoms with E-state index in [0.29, 0.717) is 17.1 Å². The highest BCUT2D eigenvalue weighted by Gasteiger charge is 2.24. The second-order valence-corrected chi connectivity index (χ2v) is 5.93. The smallest absolute Gasteiger partial charge is 0.270 e. The molecule has 1 aliphatic rings. The molecule has 2 rings (SSSR count). The molecule has 0 atom stereocenters. The fourth-order valence-electron chi connectivity index (χ4n) is 2.82. The van der Waals surface area contributed by atoms with Crippen LogP contribution in [0, 0.1) is 0 Å². The molecule has 0 saturated heterocycles. The summed E-state index contributed by atoms with van der Waals surface area (Å²) in [5, 5.41) is 1.80. The lowest BCUT2D eigenvalue weighted by Crippen LogP contribution is -2.54. The third kappa shape index (κ3) is 4.25. The molecule has 6 nitrogen and oxygen atoms in total. The molecule has 23 heavy (non-hydrogen) atoms. The highest BCUT2D eigenvalue weighted by atomic mass is 32.1. The van der Waals surface area contributed by atoms with E-state index >= 15 is 0 Å². The van der Waals surface area contributed by atoms with Crippen molar-refractivity contribution in [2.24, 2.45) is 5.73 Å². The molecule has 7 heteroatoms. The first kappa shape index (κ1) is 17.3. The summed E-state index contributed by atoms with van der Waals surface area (Å²) in [5.41, 5.74) is 9.07. The van der Waals surface area contributed by atoms with Crippen LogP contribution in [0.1, 0.15) is 42.5 Å². The number of amides is 1. The number of methoxy groups -OCH3 is 2. The largest absolute Gasteiger partial charge is 0.493 e. The van der Waals surface area contributed by atoms with E-state index in [2.05, 4.69) is 5.43 Å². The minimum atomic E-state index is -0.274. The van der Waals surface area contributed by atoms with Gasteiger partial charge in [-0.15, -0.1) is 0 Å². The third-order valence-electron chi connectivity index (χ3n) is 4.05. The Morgan fingerprint density at radius 3 is 2.43 bits per heavy atom. The van der Waals surface area contributed by atoms with Gasteiger partial charge in [0.25, 0.3) is 5.91 Å². The van der Waals surface area contributed by atoms with Gasteiger partial charge in [0.05, 0.1) is 20.3 Å². The third-order valence-corrected chi connectivity index (χ3v) is 4.24. The number of ether oxygens (including phenoxy) is 2.